The molecule has 0 spiro atoms. The summed E-state index contributed by atoms with van der Waals surface area (Å²) >= 11 is 5.61. The largest absolute Gasteiger partial charge is 0.352 e. The number of hydrogen-bond acceptors (Lipinski definition) is 2. The Morgan fingerprint density at radius 1 is 0.897 bits per heavy atom. The molecule has 4 nitrogen and oxygen atoms in total. The Balaban J connectivity index is 1.51. The molecule has 3 aromatic rings. The van der Waals surface area contributed by atoms with E-state index in [1.807, 2.05) is 65.6 Å². The molecule has 0 aromatic heterocycles. The quantitative estimate of drug-likeness (QED) is 0.598. The summed E-state index contributed by atoms with van der Waals surface area (Å²) in [5.74, 6) is 0.177. The molecule has 1 fully saturated rings. The minimum atomic E-state index is -0.0549. The summed E-state index contributed by atoms with van der Waals surface area (Å²) in [6.07, 6.45) is 1.53. The monoisotopic (exact) mass is 401 g/mol. The van der Waals surface area contributed by atoms with Crippen LogP contribution in [0.5, 0.6) is 0 Å². The Labute approximate surface area is 176 Å². The van der Waals surface area contributed by atoms with Gasteiger partial charge in [0, 0.05) is 24.3 Å². The van der Waals surface area contributed by atoms with Gasteiger partial charge in [-0.2, -0.15) is 0 Å². The van der Waals surface area contributed by atoms with Crippen molar-refractivity contribution in [2.75, 3.05) is 16.8 Å². The maximum absolute atomic E-state index is 12.0. The molecule has 146 valence electrons. The molecular weight excluding hydrogens is 378 g/mol. The second-order valence-corrected chi connectivity index (χ2v) is 7.46. The Bertz CT molecular complexity index is 952. The highest BCUT2D eigenvalue weighted by Gasteiger charge is 2.22. The van der Waals surface area contributed by atoms with Crippen LogP contribution in [-0.4, -0.2) is 17.6 Å². The van der Waals surface area contributed by atoms with Gasteiger partial charge < -0.3 is 15.5 Å². The van der Waals surface area contributed by atoms with Crippen molar-refractivity contribution in [2.24, 2.45) is 0 Å². The van der Waals surface area contributed by atoms with Crippen LogP contribution in [0.25, 0.3) is 0 Å². The smallest absolute Gasteiger partial charge is 0.227 e. The van der Waals surface area contributed by atoms with Crippen molar-refractivity contribution in [2.45, 2.75) is 18.9 Å². The number of carbonyl (C=O) groups excluding carboxylic acids is 1. The van der Waals surface area contributed by atoms with Crippen molar-refractivity contribution in [1.82, 2.24) is 5.32 Å². The summed E-state index contributed by atoms with van der Waals surface area (Å²) in [6, 6.07) is 28.3. The summed E-state index contributed by atoms with van der Waals surface area (Å²) in [5.41, 5.74) is 4.04. The number of nitrogens with zero attached hydrogens (tertiary/aromatic N) is 1. The van der Waals surface area contributed by atoms with Gasteiger partial charge in [-0.1, -0.05) is 66.7 Å². The first kappa shape index (κ1) is 19.2. The molecule has 29 heavy (non-hydrogen) atoms. The van der Waals surface area contributed by atoms with Crippen molar-refractivity contribution < 1.29 is 4.79 Å². The zero-order valence-corrected chi connectivity index (χ0v) is 16.9. The van der Waals surface area contributed by atoms with E-state index in [-0.39, 0.29) is 11.9 Å². The third-order valence-corrected chi connectivity index (χ3v) is 5.25. The van der Waals surface area contributed by atoms with Crippen molar-refractivity contribution >= 4 is 34.6 Å². The zero-order valence-electron chi connectivity index (χ0n) is 16.0. The molecule has 4 rings (SSSR count). The molecule has 0 bridgehead atoms. The van der Waals surface area contributed by atoms with Crippen LogP contribution in [0.4, 0.5) is 11.4 Å². The number of benzene rings is 3. The van der Waals surface area contributed by atoms with Gasteiger partial charge in [-0.25, -0.2) is 0 Å². The highest BCUT2D eigenvalue weighted by atomic mass is 32.1. The normalized spacial score (nSPS) is 13.6. The topological polar surface area (TPSA) is 44.4 Å². The predicted molar refractivity (Wildman–Crippen MR) is 122 cm³/mol. The summed E-state index contributed by atoms with van der Waals surface area (Å²) < 4.78 is 0. The molecule has 0 atom stereocenters. The maximum atomic E-state index is 12.0. The number of thiocarbonyl (C=S) groups is 1. The lowest BCUT2D eigenvalue weighted by Crippen LogP contribution is -2.33. The second-order valence-electron chi connectivity index (χ2n) is 7.05. The van der Waals surface area contributed by atoms with Crippen LogP contribution in [0.2, 0.25) is 0 Å². The van der Waals surface area contributed by atoms with Gasteiger partial charge in [0.05, 0.1) is 6.04 Å². The third kappa shape index (κ3) is 4.63. The van der Waals surface area contributed by atoms with Crippen LogP contribution in [0.15, 0.2) is 84.9 Å². The summed E-state index contributed by atoms with van der Waals surface area (Å²) in [6.45, 7) is 0.773. The lowest BCUT2D eigenvalue weighted by Gasteiger charge is -2.22. The number of anilines is 2. The Morgan fingerprint density at radius 2 is 1.55 bits per heavy atom. The molecule has 1 saturated heterocycles. The van der Waals surface area contributed by atoms with Gasteiger partial charge in [-0.15, -0.1) is 0 Å². The van der Waals surface area contributed by atoms with Crippen molar-refractivity contribution in [3.8, 4) is 0 Å². The van der Waals surface area contributed by atoms with Gasteiger partial charge in [0.15, 0.2) is 5.11 Å². The van der Waals surface area contributed by atoms with E-state index in [2.05, 4.69) is 34.9 Å². The molecule has 0 unspecified atom stereocenters. The molecule has 0 radical (unpaired) electrons. The first-order chi connectivity index (χ1) is 14.2. The number of carbonyl (C=O) groups is 1. The van der Waals surface area contributed by atoms with E-state index in [0.29, 0.717) is 11.5 Å². The number of hydrogen-bond donors (Lipinski definition) is 2. The van der Waals surface area contributed by atoms with Gasteiger partial charge in [0.25, 0.3) is 0 Å². The summed E-state index contributed by atoms with van der Waals surface area (Å²) in [5, 5.41) is 7.24. The molecule has 1 heterocycles. The van der Waals surface area contributed by atoms with Gasteiger partial charge in [-0.05, 0) is 48.0 Å². The molecule has 0 saturated carbocycles. The molecule has 3 aromatic carbocycles. The fourth-order valence-corrected chi connectivity index (χ4v) is 3.86. The molecular formula is C24H23N3OS. The van der Waals surface area contributed by atoms with Crippen LogP contribution in [0, 0.1) is 0 Å². The first-order valence-corrected chi connectivity index (χ1v) is 10.2. The highest BCUT2D eigenvalue weighted by molar-refractivity contribution is 7.80. The van der Waals surface area contributed by atoms with E-state index < -0.39 is 0 Å². The van der Waals surface area contributed by atoms with Gasteiger partial charge in [0.2, 0.25) is 5.91 Å². The van der Waals surface area contributed by atoms with Crippen molar-refractivity contribution in [3.63, 3.8) is 0 Å². The van der Waals surface area contributed by atoms with Crippen LogP contribution >= 0.6 is 12.2 Å². The minimum Gasteiger partial charge on any atom is -0.352 e. The predicted octanol–water partition coefficient (Wildman–Crippen LogP) is 4.89. The Morgan fingerprint density at radius 3 is 2.14 bits per heavy atom. The third-order valence-electron chi connectivity index (χ3n) is 5.03. The average molecular weight is 402 g/mol. The van der Waals surface area contributed by atoms with Crippen LogP contribution in [-0.2, 0) is 4.79 Å². The Kier molecular flexibility index (Phi) is 5.86. The highest BCUT2D eigenvalue weighted by Crippen LogP contribution is 2.25. The maximum Gasteiger partial charge on any atom is 0.227 e. The molecule has 1 aliphatic heterocycles. The lowest BCUT2D eigenvalue weighted by atomic mass is 9.99. The van der Waals surface area contributed by atoms with Gasteiger partial charge >= 0.3 is 0 Å². The fourth-order valence-electron chi connectivity index (χ4n) is 3.62. The zero-order chi connectivity index (χ0) is 20.1. The van der Waals surface area contributed by atoms with Crippen molar-refractivity contribution in [1.29, 1.82) is 0 Å². The van der Waals surface area contributed by atoms with E-state index in [1.165, 1.54) is 0 Å². The van der Waals surface area contributed by atoms with Gasteiger partial charge in [0.1, 0.15) is 0 Å². The SMILES string of the molecule is O=C1CCCN1c1cccc(NC(=S)NC(c2ccccc2)c2ccccc2)c1. The van der Waals surface area contributed by atoms with Crippen LogP contribution in [0.3, 0.4) is 0 Å². The van der Waals surface area contributed by atoms with Crippen LogP contribution in [0.1, 0.15) is 30.0 Å². The number of nitrogens with one attached hydrogen (secondary N) is 2. The molecule has 5 heteroatoms. The van der Waals surface area contributed by atoms with E-state index in [1.54, 1.807) is 0 Å². The molecule has 1 aliphatic rings. The van der Waals surface area contributed by atoms with Gasteiger partial charge in [-0.3, -0.25) is 4.79 Å². The van der Waals surface area contributed by atoms with Crippen LogP contribution < -0.4 is 15.5 Å². The molecule has 2 N–H and O–H groups in total. The van der Waals surface area contributed by atoms with E-state index in [0.717, 1.165) is 35.5 Å². The lowest BCUT2D eigenvalue weighted by molar-refractivity contribution is -0.117. The number of amides is 1. The second kappa shape index (κ2) is 8.88. The number of rotatable bonds is 5. The minimum absolute atomic E-state index is 0.0549. The summed E-state index contributed by atoms with van der Waals surface area (Å²) in [7, 11) is 0. The fraction of sp³-hybridized carbons (Fsp3) is 0.167. The summed E-state index contributed by atoms with van der Waals surface area (Å²) in [4.78, 5) is 13.9. The molecule has 0 aliphatic carbocycles. The van der Waals surface area contributed by atoms with E-state index >= 15 is 0 Å². The first-order valence-electron chi connectivity index (χ1n) is 9.78. The Hall–Kier alpha value is -3.18. The standard InChI is InChI=1S/C24H23N3OS/c28-22-15-8-16-27(22)21-14-7-13-20(17-21)25-24(29)26-23(18-9-3-1-4-10-18)19-11-5-2-6-12-19/h1-7,9-14,17,23H,8,15-16H2,(H2,25,26,29). The van der Waals surface area contributed by atoms with Crippen molar-refractivity contribution in [3.05, 3.63) is 96.1 Å². The van der Waals surface area contributed by atoms with E-state index in [9.17, 15) is 4.79 Å². The average Bonchev–Trinajstić information content (AvgIpc) is 3.19. The van der Waals surface area contributed by atoms with E-state index in [4.69, 9.17) is 12.2 Å². The molecule has 1 amide bonds.